The Morgan fingerprint density at radius 1 is 1.10 bits per heavy atom. The van der Waals surface area contributed by atoms with Gasteiger partial charge in [-0.1, -0.05) is 24.3 Å². The van der Waals surface area contributed by atoms with Gasteiger partial charge in [0, 0.05) is 32.2 Å². The van der Waals surface area contributed by atoms with E-state index in [0.717, 1.165) is 56.5 Å². The summed E-state index contributed by atoms with van der Waals surface area (Å²) < 4.78 is 11.1. The fourth-order valence-electron chi connectivity index (χ4n) is 3.40. The van der Waals surface area contributed by atoms with Crippen molar-refractivity contribution in [3.63, 3.8) is 0 Å². The first kappa shape index (κ1) is 19.7. The molecule has 2 aromatic carbocycles. The van der Waals surface area contributed by atoms with Crippen LogP contribution in [0.25, 0.3) is 10.8 Å². The fraction of sp³-hybridized carbons (Fsp3) is 0.455. The van der Waals surface area contributed by atoms with E-state index in [1.54, 1.807) is 0 Å². The van der Waals surface area contributed by atoms with Gasteiger partial charge in [-0.25, -0.2) is 0 Å². The number of nitrogens with one attached hydrogen (secondary N) is 2. The Bertz CT molecular complexity index is 875. The summed E-state index contributed by atoms with van der Waals surface area (Å²) in [7, 11) is 0. The Labute approximate surface area is 170 Å². The quantitative estimate of drug-likeness (QED) is 0.707. The molecule has 1 saturated carbocycles. The topological polar surface area (TPSA) is 79.9 Å². The molecule has 4 rings (SSSR count). The van der Waals surface area contributed by atoms with E-state index in [-0.39, 0.29) is 24.5 Å². The maximum atomic E-state index is 12.8. The highest BCUT2D eigenvalue weighted by molar-refractivity contribution is 6.01. The zero-order chi connectivity index (χ0) is 20.1. The minimum atomic E-state index is -0.193. The van der Waals surface area contributed by atoms with Crippen molar-refractivity contribution in [2.24, 2.45) is 0 Å². The number of hydrogen-bond donors (Lipinski definition) is 2. The van der Waals surface area contributed by atoms with E-state index in [1.807, 2.05) is 36.4 Å². The molecule has 0 bridgehead atoms. The molecule has 154 valence electrons. The second kappa shape index (κ2) is 9.24. The third-order valence-corrected chi connectivity index (χ3v) is 5.21. The molecule has 0 spiro atoms. The van der Waals surface area contributed by atoms with Gasteiger partial charge in [-0.3, -0.25) is 14.5 Å². The molecule has 2 aromatic rings. The third-order valence-electron chi connectivity index (χ3n) is 5.21. The van der Waals surface area contributed by atoms with E-state index in [0.29, 0.717) is 17.9 Å². The first-order chi connectivity index (χ1) is 14.2. The summed E-state index contributed by atoms with van der Waals surface area (Å²) in [4.78, 5) is 27.1. The molecule has 1 aliphatic carbocycles. The molecule has 1 saturated heterocycles. The number of carbonyl (C=O) groups excluding carboxylic acids is 2. The molecular formula is C22H27N3O4. The monoisotopic (exact) mass is 397 g/mol. The van der Waals surface area contributed by atoms with Crippen LogP contribution in [-0.2, 0) is 9.53 Å². The van der Waals surface area contributed by atoms with Crippen LogP contribution in [0.2, 0.25) is 0 Å². The minimum absolute atomic E-state index is 0.0943. The molecule has 0 aromatic heterocycles. The second-order valence-corrected chi connectivity index (χ2v) is 7.54. The molecule has 0 atom stereocenters. The van der Waals surface area contributed by atoms with Gasteiger partial charge in [-0.2, -0.15) is 0 Å². The van der Waals surface area contributed by atoms with Crippen LogP contribution in [0, 0.1) is 0 Å². The lowest BCUT2D eigenvalue weighted by Gasteiger charge is -2.26. The van der Waals surface area contributed by atoms with Gasteiger partial charge in [0.2, 0.25) is 0 Å². The van der Waals surface area contributed by atoms with Crippen molar-refractivity contribution in [2.75, 3.05) is 46.0 Å². The Morgan fingerprint density at radius 3 is 2.55 bits per heavy atom. The van der Waals surface area contributed by atoms with Gasteiger partial charge in [-0.05, 0) is 35.7 Å². The number of morpholine rings is 1. The first-order valence-corrected chi connectivity index (χ1v) is 10.2. The Hall–Kier alpha value is -2.64. The first-order valence-electron chi connectivity index (χ1n) is 10.2. The molecule has 0 radical (unpaired) electrons. The van der Waals surface area contributed by atoms with Gasteiger partial charge < -0.3 is 20.1 Å². The molecule has 1 aliphatic heterocycles. The maximum Gasteiger partial charge on any atom is 0.258 e. The lowest BCUT2D eigenvalue weighted by atomic mass is 10.1. The number of rotatable bonds is 8. The predicted octanol–water partition coefficient (Wildman–Crippen LogP) is 1.56. The van der Waals surface area contributed by atoms with Crippen LogP contribution >= 0.6 is 0 Å². The molecule has 2 aliphatic rings. The van der Waals surface area contributed by atoms with E-state index >= 15 is 0 Å². The molecule has 29 heavy (non-hydrogen) atoms. The highest BCUT2D eigenvalue weighted by Gasteiger charge is 2.23. The van der Waals surface area contributed by atoms with Crippen LogP contribution in [0.15, 0.2) is 36.4 Å². The lowest BCUT2D eigenvalue weighted by molar-refractivity contribution is -0.123. The van der Waals surface area contributed by atoms with Gasteiger partial charge in [0.25, 0.3) is 11.8 Å². The number of nitrogens with zero attached hydrogens (tertiary/aromatic N) is 1. The summed E-state index contributed by atoms with van der Waals surface area (Å²) in [6.45, 7) is 4.48. The average molecular weight is 397 g/mol. The van der Waals surface area contributed by atoms with Crippen molar-refractivity contribution in [3.05, 3.63) is 42.0 Å². The van der Waals surface area contributed by atoms with Crippen molar-refractivity contribution >= 4 is 22.6 Å². The lowest BCUT2D eigenvalue weighted by Crippen LogP contribution is -2.41. The summed E-state index contributed by atoms with van der Waals surface area (Å²) >= 11 is 0. The van der Waals surface area contributed by atoms with Crippen molar-refractivity contribution in [3.8, 4) is 5.75 Å². The zero-order valence-electron chi connectivity index (χ0n) is 16.5. The Morgan fingerprint density at radius 2 is 1.83 bits per heavy atom. The summed E-state index contributed by atoms with van der Waals surface area (Å²) in [5.74, 6) is 0.0828. The van der Waals surface area contributed by atoms with E-state index < -0.39 is 0 Å². The predicted molar refractivity (Wildman–Crippen MR) is 110 cm³/mol. The zero-order valence-corrected chi connectivity index (χ0v) is 16.5. The van der Waals surface area contributed by atoms with Gasteiger partial charge in [0.05, 0.1) is 18.8 Å². The second-order valence-electron chi connectivity index (χ2n) is 7.54. The van der Waals surface area contributed by atoms with E-state index in [2.05, 4.69) is 15.5 Å². The van der Waals surface area contributed by atoms with Crippen LogP contribution < -0.4 is 15.4 Å². The normalized spacial score (nSPS) is 17.1. The average Bonchev–Trinajstić information content (AvgIpc) is 3.56. The summed E-state index contributed by atoms with van der Waals surface area (Å²) in [5, 5.41) is 7.81. The van der Waals surface area contributed by atoms with Gasteiger partial charge in [-0.15, -0.1) is 0 Å². The van der Waals surface area contributed by atoms with Crippen molar-refractivity contribution < 1.29 is 19.1 Å². The van der Waals surface area contributed by atoms with Gasteiger partial charge >= 0.3 is 0 Å². The van der Waals surface area contributed by atoms with Gasteiger partial charge in [0.15, 0.2) is 6.61 Å². The molecule has 0 unspecified atom stereocenters. The number of fused-ring (bicyclic) bond motifs is 1. The van der Waals surface area contributed by atoms with E-state index in [1.165, 1.54) is 0 Å². The van der Waals surface area contributed by atoms with E-state index in [4.69, 9.17) is 9.47 Å². The highest BCUT2D eigenvalue weighted by atomic mass is 16.5. The number of hydrogen-bond acceptors (Lipinski definition) is 5. The molecule has 1 heterocycles. The molecular weight excluding hydrogens is 370 g/mol. The fourth-order valence-corrected chi connectivity index (χ4v) is 3.40. The van der Waals surface area contributed by atoms with Crippen LogP contribution in [0.3, 0.4) is 0 Å². The van der Waals surface area contributed by atoms with E-state index in [9.17, 15) is 9.59 Å². The number of benzene rings is 2. The largest absolute Gasteiger partial charge is 0.483 e. The molecule has 2 N–H and O–H groups in total. The van der Waals surface area contributed by atoms with Crippen molar-refractivity contribution in [1.82, 2.24) is 15.5 Å². The summed E-state index contributed by atoms with van der Waals surface area (Å²) in [6.07, 6.45) is 2.05. The smallest absolute Gasteiger partial charge is 0.258 e. The summed E-state index contributed by atoms with van der Waals surface area (Å²) in [5.41, 5.74) is 0.449. The maximum absolute atomic E-state index is 12.8. The molecule has 2 amide bonds. The van der Waals surface area contributed by atoms with Crippen LogP contribution in [0.1, 0.15) is 23.2 Å². The number of ether oxygens (including phenoxy) is 2. The Balaban J connectivity index is 1.43. The molecule has 2 fully saturated rings. The SMILES string of the molecule is O=C(COc1cc2ccccc2cc1C(=O)NCCN1CCOCC1)NC1CC1. The van der Waals surface area contributed by atoms with Crippen LogP contribution in [-0.4, -0.2) is 68.8 Å². The standard InChI is InChI=1S/C22H27N3O4/c26-21(24-18-5-6-18)15-29-20-14-17-4-2-1-3-16(17)13-19(20)22(27)23-7-8-25-9-11-28-12-10-25/h1-4,13-14,18H,5-12,15H2,(H,23,27)(H,24,26). The molecule has 7 heteroatoms. The van der Waals surface area contributed by atoms with Crippen LogP contribution in [0.5, 0.6) is 5.75 Å². The number of carbonyl (C=O) groups is 2. The van der Waals surface area contributed by atoms with Gasteiger partial charge in [0.1, 0.15) is 5.75 Å². The molecule has 7 nitrogen and oxygen atoms in total. The van der Waals surface area contributed by atoms with Crippen molar-refractivity contribution in [1.29, 1.82) is 0 Å². The third kappa shape index (κ3) is 5.46. The minimum Gasteiger partial charge on any atom is -0.483 e. The number of amides is 2. The van der Waals surface area contributed by atoms with Crippen molar-refractivity contribution in [2.45, 2.75) is 18.9 Å². The summed E-state index contributed by atoms with van der Waals surface area (Å²) in [6, 6.07) is 11.7. The Kier molecular flexibility index (Phi) is 6.27. The van der Waals surface area contributed by atoms with Crippen LogP contribution in [0.4, 0.5) is 0 Å². The highest BCUT2D eigenvalue weighted by Crippen LogP contribution is 2.26.